The Bertz CT molecular complexity index is 971. The Morgan fingerprint density at radius 1 is 0.828 bits per heavy atom. The van der Waals surface area contributed by atoms with Crippen molar-refractivity contribution >= 4 is 17.5 Å². The smallest absolute Gasteiger partial charge is 0.258 e. The number of nitrogens with one attached hydrogen (secondary N) is 2. The topological polar surface area (TPSA) is 67.4 Å². The molecule has 3 aromatic rings. The maximum Gasteiger partial charge on any atom is 0.258 e. The number of anilines is 1. The van der Waals surface area contributed by atoms with E-state index in [1.54, 1.807) is 0 Å². The fourth-order valence-electron chi connectivity index (χ4n) is 2.97. The van der Waals surface area contributed by atoms with Gasteiger partial charge in [0.05, 0.1) is 6.54 Å². The molecule has 5 heteroatoms. The van der Waals surface area contributed by atoms with Gasteiger partial charge in [-0.3, -0.25) is 9.59 Å². The van der Waals surface area contributed by atoms with Crippen molar-refractivity contribution in [2.75, 3.05) is 18.5 Å². The molecule has 0 spiro atoms. The monoisotopic (exact) mass is 388 g/mol. The van der Waals surface area contributed by atoms with E-state index in [2.05, 4.69) is 10.6 Å². The van der Waals surface area contributed by atoms with Crippen LogP contribution in [0.1, 0.15) is 12.5 Å². The molecule has 3 aromatic carbocycles. The lowest BCUT2D eigenvalue weighted by Gasteiger charge is -2.12. The van der Waals surface area contributed by atoms with E-state index in [1.807, 2.05) is 85.8 Å². The van der Waals surface area contributed by atoms with Gasteiger partial charge in [-0.2, -0.15) is 0 Å². The normalized spacial score (nSPS) is 10.2. The summed E-state index contributed by atoms with van der Waals surface area (Å²) in [5, 5.41) is 5.42. The highest BCUT2D eigenvalue weighted by Gasteiger charge is 2.10. The van der Waals surface area contributed by atoms with Crippen molar-refractivity contribution in [3.05, 3.63) is 84.4 Å². The van der Waals surface area contributed by atoms with E-state index >= 15 is 0 Å². The number of carbonyl (C=O) groups is 2. The fraction of sp³-hybridized carbons (Fsp3) is 0.167. The number of amides is 2. The number of para-hydroxylation sites is 2. The quantitative estimate of drug-likeness (QED) is 0.612. The Hall–Kier alpha value is -3.60. The molecule has 29 heavy (non-hydrogen) atoms. The van der Waals surface area contributed by atoms with E-state index in [4.69, 9.17) is 4.74 Å². The Morgan fingerprint density at radius 3 is 2.31 bits per heavy atom. The maximum absolute atomic E-state index is 12.1. The van der Waals surface area contributed by atoms with E-state index in [9.17, 15) is 9.59 Å². The minimum Gasteiger partial charge on any atom is -0.483 e. The van der Waals surface area contributed by atoms with Gasteiger partial charge in [0.1, 0.15) is 5.75 Å². The lowest BCUT2D eigenvalue weighted by atomic mass is 10.1. The van der Waals surface area contributed by atoms with E-state index in [1.165, 1.54) is 0 Å². The lowest BCUT2D eigenvalue weighted by molar-refractivity contribution is -0.125. The van der Waals surface area contributed by atoms with Crippen molar-refractivity contribution in [2.24, 2.45) is 0 Å². The van der Waals surface area contributed by atoms with Crippen molar-refractivity contribution in [2.45, 2.75) is 13.3 Å². The third-order valence-corrected chi connectivity index (χ3v) is 4.45. The van der Waals surface area contributed by atoms with Crippen LogP contribution in [0.4, 0.5) is 5.69 Å². The number of hydrogen-bond donors (Lipinski definition) is 2. The molecule has 3 rings (SSSR count). The zero-order valence-electron chi connectivity index (χ0n) is 16.4. The van der Waals surface area contributed by atoms with Gasteiger partial charge in [-0.15, -0.1) is 0 Å². The summed E-state index contributed by atoms with van der Waals surface area (Å²) in [5.74, 6) is -0.00842. The first-order valence-corrected chi connectivity index (χ1v) is 9.59. The first kappa shape index (κ1) is 20.1. The van der Waals surface area contributed by atoms with Gasteiger partial charge in [0.2, 0.25) is 5.91 Å². The van der Waals surface area contributed by atoms with Gasteiger partial charge < -0.3 is 15.4 Å². The summed E-state index contributed by atoms with van der Waals surface area (Å²) < 4.78 is 5.70. The summed E-state index contributed by atoms with van der Waals surface area (Å²) in [6, 6.07) is 25.0. The van der Waals surface area contributed by atoms with Gasteiger partial charge in [0.25, 0.3) is 5.91 Å². The average molecular weight is 388 g/mol. The first-order chi connectivity index (χ1) is 14.2. The van der Waals surface area contributed by atoms with Crippen LogP contribution in [0.5, 0.6) is 5.75 Å². The molecular weight excluding hydrogens is 364 g/mol. The molecule has 0 saturated carbocycles. The van der Waals surface area contributed by atoms with Crippen molar-refractivity contribution in [1.29, 1.82) is 0 Å². The molecule has 0 aliphatic rings. The van der Waals surface area contributed by atoms with Crippen molar-refractivity contribution in [3.8, 4) is 16.9 Å². The maximum atomic E-state index is 12.1. The van der Waals surface area contributed by atoms with Crippen LogP contribution in [0.2, 0.25) is 0 Å². The van der Waals surface area contributed by atoms with Gasteiger partial charge in [-0.05, 0) is 29.7 Å². The molecule has 0 heterocycles. The van der Waals surface area contributed by atoms with Crippen LogP contribution in [0.3, 0.4) is 0 Å². The second-order valence-corrected chi connectivity index (χ2v) is 6.49. The van der Waals surface area contributed by atoms with Crippen molar-refractivity contribution < 1.29 is 14.3 Å². The van der Waals surface area contributed by atoms with Crippen molar-refractivity contribution in [3.63, 3.8) is 0 Å². The molecule has 0 saturated heterocycles. The molecule has 148 valence electrons. The molecule has 5 nitrogen and oxygen atoms in total. The van der Waals surface area contributed by atoms with E-state index in [0.29, 0.717) is 5.75 Å². The van der Waals surface area contributed by atoms with Crippen molar-refractivity contribution in [1.82, 2.24) is 5.32 Å². The molecule has 0 radical (unpaired) electrons. The summed E-state index contributed by atoms with van der Waals surface area (Å²) in [5.41, 5.74) is 3.74. The second kappa shape index (κ2) is 10.1. The molecule has 0 aliphatic carbocycles. The minimum atomic E-state index is -0.355. The largest absolute Gasteiger partial charge is 0.483 e. The number of aryl methyl sites for hydroxylation is 1. The van der Waals surface area contributed by atoms with Gasteiger partial charge in [-0.25, -0.2) is 0 Å². The van der Waals surface area contributed by atoms with Crippen LogP contribution in [-0.4, -0.2) is 25.0 Å². The van der Waals surface area contributed by atoms with E-state index in [0.717, 1.165) is 28.8 Å². The number of hydrogen-bond acceptors (Lipinski definition) is 3. The predicted octanol–water partition coefficient (Wildman–Crippen LogP) is 4.05. The Morgan fingerprint density at radius 2 is 1.52 bits per heavy atom. The highest BCUT2D eigenvalue weighted by molar-refractivity contribution is 5.95. The van der Waals surface area contributed by atoms with Crippen LogP contribution < -0.4 is 15.4 Å². The average Bonchev–Trinajstić information content (AvgIpc) is 2.77. The zero-order valence-corrected chi connectivity index (χ0v) is 16.4. The third-order valence-electron chi connectivity index (χ3n) is 4.45. The van der Waals surface area contributed by atoms with E-state index < -0.39 is 0 Å². The van der Waals surface area contributed by atoms with Gasteiger partial charge >= 0.3 is 0 Å². The summed E-state index contributed by atoms with van der Waals surface area (Å²) in [6.07, 6.45) is 0.817. The molecule has 0 aromatic heterocycles. The molecule has 0 fully saturated rings. The fourth-order valence-corrected chi connectivity index (χ4v) is 2.97. The molecule has 0 aliphatic heterocycles. The molecule has 0 unspecified atom stereocenters. The predicted molar refractivity (Wildman–Crippen MR) is 115 cm³/mol. The van der Waals surface area contributed by atoms with Gasteiger partial charge in [0, 0.05) is 11.3 Å². The molecule has 0 atom stereocenters. The second-order valence-electron chi connectivity index (χ2n) is 6.49. The summed E-state index contributed by atoms with van der Waals surface area (Å²) in [7, 11) is 0. The number of rotatable bonds is 8. The number of ether oxygens (including phenoxy) is 1. The Labute approximate surface area is 170 Å². The van der Waals surface area contributed by atoms with E-state index in [-0.39, 0.29) is 25.0 Å². The summed E-state index contributed by atoms with van der Waals surface area (Å²) >= 11 is 0. The summed E-state index contributed by atoms with van der Waals surface area (Å²) in [4.78, 5) is 24.3. The highest BCUT2D eigenvalue weighted by Crippen LogP contribution is 2.29. The third kappa shape index (κ3) is 5.69. The van der Waals surface area contributed by atoms with Gasteiger partial charge in [0.15, 0.2) is 6.61 Å². The first-order valence-electron chi connectivity index (χ1n) is 9.59. The number of carbonyl (C=O) groups excluding carboxylic acids is 2. The molecule has 2 N–H and O–H groups in total. The minimum absolute atomic E-state index is 0.111. The molecular formula is C24H24N2O3. The zero-order chi connectivity index (χ0) is 20.5. The standard InChI is InChI=1S/C24H24N2O3/c1-2-18-10-6-8-14-21(18)26-23(27)16-25-24(28)17-29-22-15-9-7-13-20(22)19-11-4-3-5-12-19/h3-15H,2,16-17H2,1H3,(H,25,28)(H,26,27). The summed E-state index contributed by atoms with van der Waals surface area (Å²) in [6.45, 7) is 1.75. The van der Waals surface area contributed by atoms with Crippen LogP contribution in [0, 0.1) is 0 Å². The molecule has 0 bridgehead atoms. The van der Waals surface area contributed by atoms with Crippen LogP contribution in [0.15, 0.2) is 78.9 Å². The number of benzene rings is 3. The molecule has 2 amide bonds. The lowest BCUT2D eigenvalue weighted by Crippen LogP contribution is -2.36. The highest BCUT2D eigenvalue weighted by atomic mass is 16.5. The Kier molecular flexibility index (Phi) is 7.00. The van der Waals surface area contributed by atoms with Gasteiger partial charge in [-0.1, -0.05) is 73.7 Å². The van der Waals surface area contributed by atoms with Crippen LogP contribution in [-0.2, 0) is 16.0 Å². The van der Waals surface area contributed by atoms with Crippen LogP contribution in [0.25, 0.3) is 11.1 Å². The Balaban J connectivity index is 1.51. The van der Waals surface area contributed by atoms with Crippen LogP contribution >= 0.6 is 0 Å². The SMILES string of the molecule is CCc1ccccc1NC(=O)CNC(=O)COc1ccccc1-c1ccccc1.